The summed E-state index contributed by atoms with van der Waals surface area (Å²) >= 11 is 0. The second-order valence-electron chi connectivity index (χ2n) is 8.06. The third-order valence-electron chi connectivity index (χ3n) is 4.13. The number of carbonyl (C=O) groups excluding carboxylic acids is 1. The number of hydrogen-bond donors (Lipinski definition) is 1. The summed E-state index contributed by atoms with van der Waals surface area (Å²) in [7, 11) is 0. The van der Waals surface area contributed by atoms with Gasteiger partial charge in [0.1, 0.15) is 5.60 Å². The van der Waals surface area contributed by atoms with Crippen molar-refractivity contribution < 1.29 is 19.0 Å². The van der Waals surface area contributed by atoms with E-state index < -0.39 is 11.4 Å². The van der Waals surface area contributed by atoms with Crippen LogP contribution < -0.4 is 5.32 Å². The van der Waals surface area contributed by atoms with Crippen molar-refractivity contribution >= 4 is 6.09 Å². The minimum Gasteiger partial charge on any atom is -0.444 e. The summed E-state index contributed by atoms with van der Waals surface area (Å²) in [5.74, 6) is -0.0255. The van der Waals surface area contributed by atoms with E-state index in [0.29, 0.717) is 19.1 Å². The Balaban J connectivity index is 1.73. The highest BCUT2D eigenvalue weighted by Gasteiger charge is 2.30. The van der Waals surface area contributed by atoms with Gasteiger partial charge < -0.3 is 24.4 Å². The maximum Gasteiger partial charge on any atom is 0.410 e. The van der Waals surface area contributed by atoms with E-state index in [-0.39, 0.29) is 12.1 Å². The lowest BCUT2D eigenvalue weighted by Crippen LogP contribution is -2.51. The normalized spacial score (nSPS) is 26.1. The van der Waals surface area contributed by atoms with Crippen LogP contribution in [0.2, 0.25) is 0 Å². The number of carbonyl (C=O) groups is 1. The minimum atomic E-state index is -0.476. The van der Waals surface area contributed by atoms with Crippen LogP contribution in [0.15, 0.2) is 0 Å². The van der Waals surface area contributed by atoms with Crippen LogP contribution in [0.4, 0.5) is 4.79 Å². The Morgan fingerprint density at radius 1 is 1.30 bits per heavy atom. The molecule has 0 aromatic heterocycles. The molecule has 0 saturated carbocycles. The molecule has 0 radical (unpaired) electrons. The van der Waals surface area contributed by atoms with Crippen LogP contribution in [0.5, 0.6) is 0 Å². The molecule has 0 aromatic carbocycles. The number of rotatable bonds is 3. The molecular weight excluding hydrogens is 296 g/mol. The molecule has 6 nitrogen and oxygen atoms in total. The Morgan fingerprint density at radius 2 is 1.96 bits per heavy atom. The van der Waals surface area contributed by atoms with E-state index >= 15 is 0 Å². The summed E-state index contributed by atoms with van der Waals surface area (Å²) in [5, 5.41) is 3.51. The molecule has 2 aliphatic rings. The third kappa shape index (κ3) is 6.28. The Bertz CT molecular complexity index is 396. The van der Waals surface area contributed by atoms with Crippen LogP contribution >= 0.6 is 0 Å². The maximum atomic E-state index is 12.2. The van der Waals surface area contributed by atoms with Gasteiger partial charge in [-0.2, -0.15) is 0 Å². The van der Waals surface area contributed by atoms with Gasteiger partial charge in [-0.1, -0.05) is 0 Å². The van der Waals surface area contributed by atoms with Gasteiger partial charge in [0.15, 0.2) is 5.79 Å². The minimum absolute atomic E-state index is 0.201. The molecule has 23 heavy (non-hydrogen) atoms. The predicted molar refractivity (Wildman–Crippen MR) is 88.3 cm³/mol. The van der Waals surface area contributed by atoms with Gasteiger partial charge >= 0.3 is 6.09 Å². The van der Waals surface area contributed by atoms with E-state index in [4.69, 9.17) is 14.2 Å². The van der Waals surface area contributed by atoms with Crippen LogP contribution in [0.25, 0.3) is 0 Å². The second kappa shape index (κ2) is 7.36. The fraction of sp³-hybridized carbons (Fsp3) is 0.941. The lowest BCUT2D eigenvalue weighted by atomic mass is 9.98. The Morgan fingerprint density at radius 3 is 2.57 bits per heavy atom. The molecule has 1 amide bonds. The summed E-state index contributed by atoms with van der Waals surface area (Å²) in [6, 6.07) is 0.222. The van der Waals surface area contributed by atoms with Crippen molar-refractivity contribution in [1.29, 1.82) is 0 Å². The highest BCUT2D eigenvalue weighted by atomic mass is 16.7. The first-order chi connectivity index (χ1) is 10.6. The topological polar surface area (TPSA) is 60.0 Å². The van der Waals surface area contributed by atoms with Gasteiger partial charge in [0.25, 0.3) is 0 Å². The lowest BCUT2D eigenvalue weighted by molar-refractivity contribution is -0.253. The zero-order chi connectivity index (χ0) is 17.1. The van der Waals surface area contributed by atoms with Crippen molar-refractivity contribution in [2.24, 2.45) is 5.92 Å². The van der Waals surface area contributed by atoms with Crippen LogP contribution in [0.3, 0.4) is 0 Å². The van der Waals surface area contributed by atoms with Crippen molar-refractivity contribution in [3.8, 4) is 0 Å². The molecule has 2 rings (SSSR count). The molecule has 0 spiro atoms. The third-order valence-corrected chi connectivity index (χ3v) is 4.13. The summed E-state index contributed by atoms with van der Waals surface area (Å²) < 4.78 is 16.8. The first kappa shape index (κ1) is 18.5. The van der Waals surface area contributed by atoms with Crippen LogP contribution in [-0.2, 0) is 14.2 Å². The van der Waals surface area contributed by atoms with Gasteiger partial charge in [-0.05, 0) is 53.4 Å². The molecule has 1 unspecified atom stereocenters. The number of nitrogens with zero attached hydrogens (tertiary/aromatic N) is 1. The van der Waals surface area contributed by atoms with Crippen molar-refractivity contribution in [2.75, 3.05) is 32.8 Å². The molecule has 0 aromatic rings. The van der Waals surface area contributed by atoms with E-state index in [1.165, 1.54) is 0 Å². The average Bonchev–Trinajstić information content (AvgIpc) is 2.45. The number of hydrogen-bond acceptors (Lipinski definition) is 5. The van der Waals surface area contributed by atoms with Crippen molar-refractivity contribution in [1.82, 2.24) is 10.2 Å². The number of likely N-dealkylation sites (tertiary alicyclic amines) is 1. The zero-order valence-electron chi connectivity index (χ0n) is 15.2. The molecule has 1 atom stereocenters. The van der Waals surface area contributed by atoms with E-state index in [9.17, 15) is 4.79 Å². The van der Waals surface area contributed by atoms with Gasteiger partial charge in [-0.3, -0.25) is 0 Å². The SMILES string of the molecule is CC(C)(C)OC(=O)N1CCCC(CNC2COC(C)(C)OC2)C1. The van der Waals surface area contributed by atoms with E-state index in [1.807, 2.05) is 39.5 Å². The van der Waals surface area contributed by atoms with E-state index in [0.717, 1.165) is 32.5 Å². The first-order valence-corrected chi connectivity index (χ1v) is 8.64. The number of amides is 1. The Labute approximate surface area is 139 Å². The monoisotopic (exact) mass is 328 g/mol. The lowest BCUT2D eigenvalue weighted by Gasteiger charge is -2.37. The number of piperidine rings is 1. The van der Waals surface area contributed by atoms with Gasteiger partial charge in [-0.25, -0.2) is 4.79 Å². The smallest absolute Gasteiger partial charge is 0.410 e. The molecular formula is C17H32N2O4. The van der Waals surface area contributed by atoms with Gasteiger partial charge in [-0.15, -0.1) is 0 Å². The van der Waals surface area contributed by atoms with Crippen LogP contribution in [-0.4, -0.2) is 61.3 Å². The molecule has 1 N–H and O–H groups in total. The maximum absolute atomic E-state index is 12.2. The highest BCUT2D eigenvalue weighted by Crippen LogP contribution is 2.20. The quantitative estimate of drug-likeness (QED) is 0.862. The molecule has 134 valence electrons. The Hall–Kier alpha value is -0.850. The molecule has 2 aliphatic heterocycles. The molecule has 6 heteroatoms. The van der Waals surface area contributed by atoms with E-state index in [2.05, 4.69) is 5.32 Å². The van der Waals surface area contributed by atoms with Crippen molar-refractivity contribution in [3.05, 3.63) is 0 Å². The molecule has 2 fully saturated rings. The van der Waals surface area contributed by atoms with Crippen LogP contribution in [0, 0.1) is 5.92 Å². The van der Waals surface area contributed by atoms with Crippen molar-refractivity contribution in [2.45, 2.75) is 64.9 Å². The first-order valence-electron chi connectivity index (χ1n) is 8.64. The summed E-state index contributed by atoms with van der Waals surface area (Å²) in [6.07, 6.45) is 1.95. The molecule has 2 heterocycles. The number of nitrogens with one attached hydrogen (secondary N) is 1. The van der Waals surface area contributed by atoms with Gasteiger partial charge in [0, 0.05) is 19.6 Å². The largest absolute Gasteiger partial charge is 0.444 e. The fourth-order valence-electron chi connectivity index (χ4n) is 2.87. The fourth-order valence-corrected chi connectivity index (χ4v) is 2.87. The summed E-state index contributed by atoms with van der Waals surface area (Å²) in [4.78, 5) is 14.0. The van der Waals surface area contributed by atoms with Crippen LogP contribution in [0.1, 0.15) is 47.5 Å². The van der Waals surface area contributed by atoms with Gasteiger partial charge in [0.05, 0.1) is 19.3 Å². The second-order valence-corrected chi connectivity index (χ2v) is 8.06. The highest BCUT2D eigenvalue weighted by molar-refractivity contribution is 5.68. The molecule has 2 saturated heterocycles. The standard InChI is InChI=1S/C17H32N2O4/c1-16(2,3)23-15(20)19-8-6-7-13(10-19)9-18-14-11-21-17(4,5)22-12-14/h13-14,18H,6-12H2,1-5H3. The molecule has 0 bridgehead atoms. The van der Waals surface area contributed by atoms with Crippen molar-refractivity contribution in [3.63, 3.8) is 0 Å². The molecule has 0 aliphatic carbocycles. The zero-order valence-corrected chi connectivity index (χ0v) is 15.2. The summed E-state index contributed by atoms with van der Waals surface area (Å²) in [6.45, 7) is 13.3. The van der Waals surface area contributed by atoms with Gasteiger partial charge in [0.2, 0.25) is 0 Å². The number of ether oxygens (including phenoxy) is 3. The Kier molecular flexibility index (Phi) is 5.92. The average molecular weight is 328 g/mol. The predicted octanol–water partition coefficient (Wildman–Crippen LogP) is 2.37. The van der Waals surface area contributed by atoms with E-state index in [1.54, 1.807) is 0 Å². The summed E-state index contributed by atoms with van der Waals surface area (Å²) in [5.41, 5.74) is -0.439.